The number of hydrogen-bond donors (Lipinski definition) is 0. The molecule has 0 aromatic carbocycles. The van der Waals surface area contributed by atoms with Crippen molar-refractivity contribution in [2.75, 3.05) is 14.2 Å². The minimum atomic E-state index is 0.483. The van der Waals surface area contributed by atoms with Gasteiger partial charge in [-0.3, -0.25) is 0 Å². The number of ether oxygens (including phenoxy) is 2. The molecule has 3 heterocycles. The topological polar surface area (TPSA) is 48.7 Å². The molecule has 3 rings (SSSR count). The minimum absolute atomic E-state index is 0.483. The summed E-state index contributed by atoms with van der Waals surface area (Å²) in [6.07, 6.45) is 5.46. The van der Waals surface area contributed by atoms with Crippen molar-refractivity contribution in [2.24, 2.45) is 0 Å². The molecule has 0 unspecified atom stereocenters. The van der Waals surface area contributed by atoms with Gasteiger partial charge in [-0.2, -0.15) is 5.10 Å². The molecule has 0 saturated carbocycles. The van der Waals surface area contributed by atoms with Gasteiger partial charge >= 0.3 is 0 Å². The van der Waals surface area contributed by atoms with Crippen molar-refractivity contribution in [1.82, 2.24) is 14.6 Å². The second-order valence-electron chi connectivity index (χ2n) is 4.05. The molecule has 5 nitrogen and oxygen atoms in total. The average molecular weight is 255 g/mol. The molecule has 19 heavy (non-hydrogen) atoms. The molecule has 0 bridgehead atoms. The van der Waals surface area contributed by atoms with Crippen molar-refractivity contribution in [3.63, 3.8) is 0 Å². The average Bonchev–Trinajstić information content (AvgIpc) is 2.93. The van der Waals surface area contributed by atoms with Crippen LogP contribution in [0, 0.1) is 0 Å². The van der Waals surface area contributed by atoms with Crippen molar-refractivity contribution in [3.8, 4) is 22.8 Å². The van der Waals surface area contributed by atoms with Crippen molar-refractivity contribution in [2.45, 2.75) is 0 Å². The fourth-order valence-corrected chi connectivity index (χ4v) is 1.99. The Morgan fingerprint density at radius 2 is 1.95 bits per heavy atom. The van der Waals surface area contributed by atoms with Gasteiger partial charge in [0.1, 0.15) is 0 Å². The van der Waals surface area contributed by atoms with Gasteiger partial charge in [0.2, 0.25) is 0 Å². The van der Waals surface area contributed by atoms with E-state index in [4.69, 9.17) is 9.47 Å². The van der Waals surface area contributed by atoms with Crippen LogP contribution >= 0.6 is 0 Å². The van der Waals surface area contributed by atoms with Crippen molar-refractivity contribution >= 4 is 5.52 Å². The lowest BCUT2D eigenvalue weighted by Gasteiger charge is -2.08. The van der Waals surface area contributed by atoms with Crippen LogP contribution in [-0.4, -0.2) is 28.8 Å². The van der Waals surface area contributed by atoms with Gasteiger partial charge in [0, 0.05) is 24.2 Å². The summed E-state index contributed by atoms with van der Waals surface area (Å²) in [7, 11) is 3.17. The highest BCUT2D eigenvalue weighted by atomic mass is 16.5. The number of rotatable bonds is 3. The van der Waals surface area contributed by atoms with Crippen LogP contribution in [0.2, 0.25) is 0 Å². The summed E-state index contributed by atoms with van der Waals surface area (Å²) < 4.78 is 12.2. The van der Waals surface area contributed by atoms with Gasteiger partial charge in [0.25, 0.3) is 5.88 Å². The van der Waals surface area contributed by atoms with Crippen LogP contribution in [0.1, 0.15) is 0 Å². The van der Waals surface area contributed by atoms with E-state index in [1.54, 1.807) is 26.6 Å². The quantitative estimate of drug-likeness (QED) is 0.721. The summed E-state index contributed by atoms with van der Waals surface area (Å²) >= 11 is 0. The second kappa shape index (κ2) is 4.61. The molecule has 5 heteroatoms. The highest BCUT2D eigenvalue weighted by Crippen LogP contribution is 2.30. The molecular formula is C14H13N3O2. The van der Waals surface area contributed by atoms with Gasteiger partial charge < -0.3 is 9.47 Å². The van der Waals surface area contributed by atoms with Gasteiger partial charge in [0.15, 0.2) is 5.75 Å². The van der Waals surface area contributed by atoms with E-state index in [9.17, 15) is 0 Å². The Balaban J connectivity index is 2.09. The predicted octanol–water partition coefficient (Wildman–Crippen LogP) is 2.41. The summed E-state index contributed by atoms with van der Waals surface area (Å²) in [4.78, 5) is 4.24. The highest BCUT2D eigenvalue weighted by molar-refractivity contribution is 5.69. The zero-order chi connectivity index (χ0) is 13.2. The maximum atomic E-state index is 5.27. The summed E-state index contributed by atoms with van der Waals surface area (Å²) in [5, 5.41) is 4.17. The Bertz CT molecular complexity index is 722. The first-order chi connectivity index (χ1) is 9.31. The van der Waals surface area contributed by atoms with E-state index in [1.165, 1.54) is 0 Å². The number of methoxy groups -OCH3 is 2. The number of hydrogen-bond acceptors (Lipinski definition) is 4. The number of pyridine rings is 2. The van der Waals surface area contributed by atoms with E-state index >= 15 is 0 Å². The highest BCUT2D eigenvalue weighted by Gasteiger charge is 2.08. The third kappa shape index (κ3) is 1.99. The third-order valence-corrected chi connectivity index (χ3v) is 2.96. The Labute approximate surface area is 110 Å². The monoisotopic (exact) mass is 255 g/mol. The molecule has 0 N–H and O–H groups in total. The molecule has 0 fully saturated rings. The zero-order valence-corrected chi connectivity index (χ0v) is 10.7. The van der Waals surface area contributed by atoms with Gasteiger partial charge in [-0.15, -0.1) is 0 Å². The molecule has 0 radical (unpaired) electrons. The lowest BCUT2D eigenvalue weighted by atomic mass is 10.1. The fraction of sp³-hybridized carbons (Fsp3) is 0.143. The van der Waals surface area contributed by atoms with Crippen molar-refractivity contribution in [1.29, 1.82) is 0 Å². The van der Waals surface area contributed by atoms with Crippen LogP contribution < -0.4 is 9.47 Å². The Kier molecular flexibility index (Phi) is 2.79. The molecule has 0 aliphatic carbocycles. The van der Waals surface area contributed by atoms with Gasteiger partial charge in [0.05, 0.1) is 19.7 Å². The molecule has 0 aliphatic heterocycles. The van der Waals surface area contributed by atoms with Gasteiger partial charge in [-0.05, 0) is 29.8 Å². The zero-order valence-electron chi connectivity index (χ0n) is 10.7. The third-order valence-electron chi connectivity index (χ3n) is 2.96. The molecule has 0 amide bonds. The molecule has 0 spiro atoms. The number of aromatic nitrogens is 3. The van der Waals surface area contributed by atoms with Gasteiger partial charge in [-0.1, -0.05) is 0 Å². The number of nitrogens with zero attached hydrogens (tertiary/aromatic N) is 3. The molecule has 96 valence electrons. The van der Waals surface area contributed by atoms with E-state index in [2.05, 4.69) is 16.1 Å². The van der Waals surface area contributed by atoms with E-state index < -0.39 is 0 Å². The molecule has 0 aliphatic rings. The van der Waals surface area contributed by atoms with Crippen LogP contribution in [0.25, 0.3) is 16.6 Å². The smallest absolute Gasteiger partial charge is 0.256 e. The maximum absolute atomic E-state index is 5.27. The van der Waals surface area contributed by atoms with E-state index in [-0.39, 0.29) is 0 Å². The van der Waals surface area contributed by atoms with Crippen LogP contribution in [0.3, 0.4) is 0 Å². The van der Waals surface area contributed by atoms with Gasteiger partial charge in [-0.25, -0.2) is 9.50 Å². The largest absolute Gasteiger partial charge is 0.491 e. The van der Waals surface area contributed by atoms with E-state index in [1.807, 2.05) is 28.9 Å². The van der Waals surface area contributed by atoms with Crippen molar-refractivity contribution in [3.05, 3.63) is 42.9 Å². The molecule has 0 atom stereocenters. The first kappa shape index (κ1) is 11.5. The van der Waals surface area contributed by atoms with Crippen LogP contribution in [0.15, 0.2) is 42.9 Å². The van der Waals surface area contributed by atoms with Crippen molar-refractivity contribution < 1.29 is 9.47 Å². The Hall–Kier alpha value is -2.56. The summed E-state index contributed by atoms with van der Waals surface area (Å²) in [5.74, 6) is 1.10. The van der Waals surface area contributed by atoms with Crippen LogP contribution in [0.5, 0.6) is 11.6 Å². The first-order valence-electron chi connectivity index (χ1n) is 5.83. The summed E-state index contributed by atoms with van der Waals surface area (Å²) in [5.41, 5.74) is 3.06. The predicted molar refractivity (Wildman–Crippen MR) is 71.5 cm³/mol. The van der Waals surface area contributed by atoms with Crippen LogP contribution in [0.4, 0.5) is 0 Å². The van der Waals surface area contributed by atoms with E-state index in [0.717, 1.165) is 16.6 Å². The molecular weight excluding hydrogens is 242 g/mol. The minimum Gasteiger partial charge on any atom is -0.491 e. The van der Waals surface area contributed by atoms with Crippen LogP contribution in [-0.2, 0) is 0 Å². The SMILES string of the molecule is COc1cc(-c2ccn3nccc3c2)cnc1OC. The normalized spacial score (nSPS) is 10.6. The lowest BCUT2D eigenvalue weighted by Crippen LogP contribution is -1.94. The first-order valence-corrected chi connectivity index (χ1v) is 5.83. The molecule has 3 aromatic heterocycles. The summed E-state index contributed by atoms with van der Waals surface area (Å²) in [6.45, 7) is 0. The standard InChI is InChI=1S/C14H13N3O2/c1-18-13-8-11(9-15-14(13)19-2)10-4-6-17-12(7-10)3-5-16-17/h3-9H,1-2H3. The second-order valence-corrected chi connectivity index (χ2v) is 4.05. The summed E-state index contributed by atoms with van der Waals surface area (Å²) in [6, 6.07) is 7.91. The Morgan fingerprint density at radius 1 is 1.05 bits per heavy atom. The molecule has 0 saturated heterocycles. The van der Waals surface area contributed by atoms with E-state index in [0.29, 0.717) is 11.6 Å². The lowest BCUT2D eigenvalue weighted by molar-refractivity contribution is 0.343. The maximum Gasteiger partial charge on any atom is 0.256 e. The fourth-order valence-electron chi connectivity index (χ4n) is 1.99. The number of fused-ring (bicyclic) bond motifs is 1. The molecule has 3 aromatic rings. The Morgan fingerprint density at radius 3 is 2.74 bits per heavy atom.